The van der Waals surface area contributed by atoms with E-state index in [1.165, 1.54) is 11.6 Å². The van der Waals surface area contributed by atoms with Gasteiger partial charge in [-0.05, 0) is 43.1 Å². The maximum atomic E-state index is 13.9. The largest absolute Gasteiger partial charge is 0.330 e. The van der Waals surface area contributed by atoms with E-state index in [1.807, 2.05) is 12.1 Å². The first kappa shape index (κ1) is 14.2. The Kier molecular flexibility index (Phi) is 4.72. The number of hydrogen-bond donors (Lipinski definition) is 1. The maximum absolute atomic E-state index is 13.9. The van der Waals surface area contributed by atoms with Crippen LogP contribution in [0.1, 0.15) is 22.6 Å². The molecule has 2 N–H and O–H groups in total. The minimum absolute atomic E-state index is 0.149. The molecule has 0 amide bonds. The van der Waals surface area contributed by atoms with E-state index in [1.54, 1.807) is 0 Å². The Balaban J connectivity index is 2.21. The number of halogens is 2. The normalized spacial score (nSPS) is 12.4. The van der Waals surface area contributed by atoms with Crippen molar-refractivity contribution in [3.8, 4) is 0 Å². The van der Waals surface area contributed by atoms with Crippen molar-refractivity contribution in [2.45, 2.75) is 19.3 Å². The number of hydrogen-bond acceptors (Lipinski definition) is 1. The third-order valence-corrected chi connectivity index (χ3v) is 3.81. The van der Waals surface area contributed by atoms with Gasteiger partial charge >= 0.3 is 0 Å². The van der Waals surface area contributed by atoms with Gasteiger partial charge in [-0.15, -0.1) is 0 Å². The van der Waals surface area contributed by atoms with Crippen LogP contribution in [0.5, 0.6) is 0 Å². The van der Waals surface area contributed by atoms with Crippen LogP contribution >= 0.6 is 15.9 Å². The molecule has 1 atom stereocenters. The Labute approximate surface area is 121 Å². The first-order valence-corrected chi connectivity index (χ1v) is 7.10. The molecule has 100 valence electrons. The van der Waals surface area contributed by atoms with E-state index >= 15 is 0 Å². The Morgan fingerprint density at radius 3 is 2.42 bits per heavy atom. The van der Waals surface area contributed by atoms with Gasteiger partial charge in [-0.2, -0.15) is 0 Å². The van der Waals surface area contributed by atoms with Crippen LogP contribution in [0.2, 0.25) is 0 Å². The summed E-state index contributed by atoms with van der Waals surface area (Å²) < 4.78 is 14.6. The molecular formula is C16H17BrFN. The van der Waals surface area contributed by atoms with Crippen molar-refractivity contribution in [3.05, 3.63) is 69.4 Å². The topological polar surface area (TPSA) is 26.0 Å². The average molecular weight is 322 g/mol. The fourth-order valence-corrected chi connectivity index (χ4v) is 2.46. The Morgan fingerprint density at radius 1 is 1.16 bits per heavy atom. The fraction of sp³-hybridized carbons (Fsp3) is 0.250. The Bertz CT molecular complexity index is 551. The van der Waals surface area contributed by atoms with Gasteiger partial charge in [0.2, 0.25) is 0 Å². The van der Waals surface area contributed by atoms with Gasteiger partial charge in [-0.1, -0.05) is 51.8 Å². The van der Waals surface area contributed by atoms with Gasteiger partial charge in [0.25, 0.3) is 0 Å². The summed E-state index contributed by atoms with van der Waals surface area (Å²) in [5, 5.41) is 0. The monoisotopic (exact) mass is 321 g/mol. The molecule has 19 heavy (non-hydrogen) atoms. The van der Waals surface area contributed by atoms with E-state index in [0.717, 1.165) is 10.0 Å². The summed E-state index contributed by atoms with van der Waals surface area (Å²) in [6.07, 6.45) is 0.624. The molecule has 0 heterocycles. The van der Waals surface area contributed by atoms with Crippen molar-refractivity contribution in [3.63, 3.8) is 0 Å². The maximum Gasteiger partial charge on any atom is 0.127 e. The summed E-state index contributed by atoms with van der Waals surface area (Å²) in [6, 6.07) is 13.5. The van der Waals surface area contributed by atoms with E-state index in [4.69, 9.17) is 5.73 Å². The summed E-state index contributed by atoms with van der Waals surface area (Å²) in [6.45, 7) is 2.56. The fourth-order valence-electron chi connectivity index (χ4n) is 2.13. The van der Waals surface area contributed by atoms with Crippen molar-refractivity contribution in [2.75, 3.05) is 6.54 Å². The highest BCUT2D eigenvalue weighted by Gasteiger charge is 2.13. The molecule has 0 aliphatic carbocycles. The van der Waals surface area contributed by atoms with Crippen LogP contribution in [0.4, 0.5) is 4.39 Å². The van der Waals surface area contributed by atoms with Crippen molar-refractivity contribution in [2.24, 2.45) is 5.73 Å². The summed E-state index contributed by atoms with van der Waals surface area (Å²) in [4.78, 5) is 0. The van der Waals surface area contributed by atoms with Crippen LogP contribution in [0.3, 0.4) is 0 Å². The first-order valence-electron chi connectivity index (χ1n) is 6.30. The standard InChI is InChI=1S/C16H17BrFN/c1-11-2-4-12(5-3-11)14(10-19)8-13-6-7-15(17)9-16(13)18/h2-7,9,14H,8,10,19H2,1H3. The second kappa shape index (κ2) is 6.31. The predicted molar refractivity (Wildman–Crippen MR) is 80.8 cm³/mol. The Morgan fingerprint density at radius 2 is 1.84 bits per heavy atom. The smallest absolute Gasteiger partial charge is 0.127 e. The molecule has 2 aromatic rings. The van der Waals surface area contributed by atoms with Crippen LogP contribution in [0, 0.1) is 12.7 Å². The SMILES string of the molecule is Cc1ccc(C(CN)Cc2ccc(Br)cc2F)cc1. The van der Waals surface area contributed by atoms with Crippen LogP contribution < -0.4 is 5.73 Å². The van der Waals surface area contributed by atoms with Crippen LogP contribution in [0.15, 0.2) is 46.9 Å². The summed E-state index contributed by atoms with van der Waals surface area (Å²) >= 11 is 3.27. The van der Waals surface area contributed by atoms with Gasteiger partial charge in [-0.25, -0.2) is 4.39 Å². The zero-order valence-electron chi connectivity index (χ0n) is 10.9. The number of aryl methyl sites for hydroxylation is 1. The highest BCUT2D eigenvalue weighted by molar-refractivity contribution is 9.10. The molecule has 0 aliphatic heterocycles. The average Bonchev–Trinajstić information content (AvgIpc) is 2.39. The number of rotatable bonds is 4. The molecule has 3 heteroatoms. The molecule has 1 nitrogen and oxygen atoms in total. The number of benzene rings is 2. The minimum atomic E-state index is -0.181. The predicted octanol–water partition coefficient (Wildman–Crippen LogP) is 4.18. The lowest BCUT2D eigenvalue weighted by Crippen LogP contribution is -2.15. The van der Waals surface area contributed by atoms with Crippen LogP contribution in [-0.4, -0.2) is 6.54 Å². The molecule has 0 bridgehead atoms. The molecule has 1 unspecified atom stereocenters. The number of nitrogens with two attached hydrogens (primary N) is 1. The molecule has 0 saturated heterocycles. The third kappa shape index (κ3) is 3.64. The zero-order valence-corrected chi connectivity index (χ0v) is 12.5. The molecule has 0 radical (unpaired) electrons. The van der Waals surface area contributed by atoms with E-state index in [0.29, 0.717) is 18.5 Å². The summed E-state index contributed by atoms with van der Waals surface area (Å²) in [5.41, 5.74) is 8.93. The van der Waals surface area contributed by atoms with Gasteiger partial charge in [0.05, 0.1) is 0 Å². The molecule has 0 saturated carbocycles. The van der Waals surface area contributed by atoms with E-state index in [9.17, 15) is 4.39 Å². The van der Waals surface area contributed by atoms with Crippen molar-refractivity contribution in [1.29, 1.82) is 0 Å². The van der Waals surface area contributed by atoms with Gasteiger partial charge in [0.15, 0.2) is 0 Å². The summed E-state index contributed by atoms with van der Waals surface area (Å²) in [7, 11) is 0. The van der Waals surface area contributed by atoms with E-state index in [-0.39, 0.29) is 11.7 Å². The van der Waals surface area contributed by atoms with Gasteiger partial charge in [-0.3, -0.25) is 0 Å². The highest BCUT2D eigenvalue weighted by atomic mass is 79.9. The molecule has 2 aromatic carbocycles. The third-order valence-electron chi connectivity index (χ3n) is 3.31. The van der Waals surface area contributed by atoms with Crippen LogP contribution in [0.25, 0.3) is 0 Å². The second-order valence-electron chi connectivity index (χ2n) is 4.78. The first-order chi connectivity index (χ1) is 9.10. The lowest BCUT2D eigenvalue weighted by molar-refractivity contribution is 0.589. The molecule has 0 fully saturated rings. The van der Waals surface area contributed by atoms with E-state index < -0.39 is 0 Å². The summed E-state index contributed by atoms with van der Waals surface area (Å²) in [5.74, 6) is -0.0313. The lowest BCUT2D eigenvalue weighted by atomic mass is 9.91. The molecule has 0 aromatic heterocycles. The second-order valence-corrected chi connectivity index (χ2v) is 5.70. The van der Waals surface area contributed by atoms with Crippen molar-refractivity contribution in [1.82, 2.24) is 0 Å². The van der Waals surface area contributed by atoms with Gasteiger partial charge in [0.1, 0.15) is 5.82 Å². The quantitative estimate of drug-likeness (QED) is 0.898. The minimum Gasteiger partial charge on any atom is -0.330 e. The van der Waals surface area contributed by atoms with Gasteiger partial charge < -0.3 is 5.73 Å². The molecule has 2 rings (SSSR count). The van der Waals surface area contributed by atoms with Crippen LogP contribution in [-0.2, 0) is 6.42 Å². The Hall–Kier alpha value is -1.19. The zero-order chi connectivity index (χ0) is 13.8. The molecular weight excluding hydrogens is 305 g/mol. The molecule has 0 spiro atoms. The highest BCUT2D eigenvalue weighted by Crippen LogP contribution is 2.23. The van der Waals surface area contributed by atoms with Gasteiger partial charge in [0, 0.05) is 10.4 Å². The lowest BCUT2D eigenvalue weighted by Gasteiger charge is -2.16. The van der Waals surface area contributed by atoms with Crippen molar-refractivity contribution >= 4 is 15.9 Å². The van der Waals surface area contributed by atoms with Crippen molar-refractivity contribution < 1.29 is 4.39 Å². The molecule has 0 aliphatic rings. The van der Waals surface area contributed by atoms with E-state index in [2.05, 4.69) is 47.1 Å².